The molecule has 0 aromatic heterocycles. The summed E-state index contributed by atoms with van der Waals surface area (Å²) in [6, 6.07) is 0. The molecule has 1 aliphatic rings. The van der Waals surface area contributed by atoms with E-state index in [9.17, 15) is 0 Å². The zero-order chi connectivity index (χ0) is 13.9. The molecule has 0 unspecified atom stereocenters. The molecule has 1 fully saturated rings. The summed E-state index contributed by atoms with van der Waals surface area (Å²) in [5.41, 5.74) is 0. The molecular weight excluding hydrogens is 402 g/mol. The van der Waals surface area contributed by atoms with Crippen LogP contribution in [0.1, 0.15) is 34.6 Å². The van der Waals surface area contributed by atoms with Gasteiger partial charge in [0.1, 0.15) is 0 Å². The van der Waals surface area contributed by atoms with E-state index in [-0.39, 0.29) is 27.8 Å². The summed E-state index contributed by atoms with van der Waals surface area (Å²) in [5.74, 6) is 4.68. The van der Waals surface area contributed by atoms with Crippen LogP contribution in [0.3, 0.4) is 0 Å². The molecule has 0 saturated heterocycles. The first-order valence-corrected chi connectivity index (χ1v) is 5.26. The second-order valence-electron chi connectivity index (χ2n) is 4.30. The molecule has 0 atom stereocenters. The number of hydrogen-bond acceptors (Lipinski definition) is 3. The summed E-state index contributed by atoms with van der Waals surface area (Å²) in [6.45, 7) is 21.7. The SMILES string of the molecule is CC1C(C)C(C)C(C)C1C.[CH-]=O.[CH-]=O.[CH-]=O.[CH3-].[Re]. The fourth-order valence-electron chi connectivity index (χ4n) is 2.39. The first-order chi connectivity index (χ1) is 7.55. The zero-order valence-electron chi connectivity index (χ0n) is 12.2. The van der Waals surface area contributed by atoms with Crippen LogP contribution in [0.25, 0.3) is 0 Å². The van der Waals surface area contributed by atoms with Crippen LogP contribution in [0.5, 0.6) is 0 Å². The molecule has 0 heterocycles. The maximum absolute atomic E-state index is 7.75. The molecule has 3 nitrogen and oxygen atoms in total. The third-order valence-electron chi connectivity index (χ3n) is 4.15. The maximum atomic E-state index is 7.75. The van der Waals surface area contributed by atoms with E-state index in [2.05, 4.69) is 55.0 Å². The van der Waals surface area contributed by atoms with Gasteiger partial charge >= 0.3 is 0 Å². The minimum atomic E-state index is 0. The average Bonchev–Trinajstić information content (AvgIpc) is 2.55. The molecule has 0 aromatic carbocycles. The molecule has 4 heteroatoms. The van der Waals surface area contributed by atoms with Gasteiger partial charge in [-0.05, 0) is 29.6 Å². The topological polar surface area (TPSA) is 51.2 Å². The van der Waals surface area contributed by atoms with Crippen LogP contribution in [0, 0.1) is 37.0 Å². The van der Waals surface area contributed by atoms with Crippen molar-refractivity contribution < 1.29 is 34.8 Å². The first-order valence-electron chi connectivity index (χ1n) is 5.26. The Kier molecular flexibility index (Phi) is 32.3. The van der Waals surface area contributed by atoms with Crippen molar-refractivity contribution in [3.63, 3.8) is 0 Å². The van der Waals surface area contributed by atoms with E-state index in [0.717, 1.165) is 29.6 Å². The van der Waals surface area contributed by atoms with Crippen LogP contribution in [-0.2, 0) is 34.8 Å². The smallest absolute Gasteiger partial charge is 0 e. The van der Waals surface area contributed by atoms with E-state index in [4.69, 9.17) is 14.4 Å². The first kappa shape index (κ1) is 30.6. The number of carbonyl (C=O) groups excluding carboxylic acids is 3. The quantitative estimate of drug-likeness (QED) is 0.440. The van der Waals surface area contributed by atoms with Gasteiger partial charge in [0.2, 0.25) is 0 Å². The van der Waals surface area contributed by atoms with Gasteiger partial charge in [-0.3, -0.25) is 20.4 Å². The molecule has 0 bridgehead atoms. The molecule has 111 valence electrons. The molecule has 0 aromatic rings. The summed E-state index contributed by atoms with van der Waals surface area (Å²) >= 11 is 0. The van der Waals surface area contributed by atoms with Gasteiger partial charge in [0.25, 0.3) is 0 Å². The van der Waals surface area contributed by atoms with Crippen molar-refractivity contribution in [1.82, 2.24) is 0 Å². The van der Waals surface area contributed by atoms with Crippen LogP contribution in [0.15, 0.2) is 0 Å². The Bertz CT molecular complexity index is 118. The van der Waals surface area contributed by atoms with Gasteiger partial charge in [-0.15, -0.1) is 0 Å². The Morgan fingerprint density at radius 3 is 0.611 bits per heavy atom. The molecule has 1 radical (unpaired) electrons. The Morgan fingerprint density at radius 1 is 0.500 bits per heavy atom. The van der Waals surface area contributed by atoms with E-state index < -0.39 is 0 Å². The Labute approximate surface area is 127 Å². The Hall–Kier alpha value is -0.328. The van der Waals surface area contributed by atoms with Crippen molar-refractivity contribution in [1.29, 1.82) is 0 Å². The number of rotatable bonds is 0. The second-order valence-corrected chi connectivity index (χ2v) is 4.30. The predicted molar refractivity (Wildman–Crippen MR) is 72.5 cm³/mol. The third-order valence-corrected chi connectivity index (χ3v) is 4.15. The molecule has 1 saturated carbocycles. The summed E-state index contributed by atoms with van der Waals surface area (Å²) in [4.78, 5) is 23.2. The Morgan fingerprint density at radius 2 is 0.556 bits per heavy atom. The van der Waals surface area contributed by atoms with Crippen LogP contribution in [0.4, 0.5) is 0 Å². The van der Waals surface area contributed by atoms with Gasteiger partial charge in [0.15, 0.2) is 0 Å². The molecule has 18 heavy (non-hydrogen) atoms. The van der Waals surface area contributed by atoms with Gasteiger partial charge in [0, 0.05) is 20.4 Å². The van der Waals surface area contributed by atoms with E-state index in [1.807, 2.05) is 0 Å². The summed E-state index contributed by atoms with van der Waals surface area (Å²) in [6.07, 6.45) is 0. The third kappa shape index (κ3) is 8.72. The van der Waals surface area contributed by atoms with Gasteiger partial charge in [-0.2, -0.15) is 0 Å². The van der Waals surface area contributed by atoms with Crippen LogP contribution in [0.2, 0.25) is 0 Å². The molecule has 1 rings (SSSR count). The standard InChI is InChI=1S/C10H20.3CHO.CH3.Re/c1-6-7(2)9(4)10(5)8(6)3;3*1-2;;/h6-10H,1-5H3;3*1H;1H3;/q;4*-1;. The molecular formula is C14H26O3Re-4. The molecule has 0 aliphatic heterocycles. The molecule has 1 aliphatic carbocycles. The van der Waals surface area contributed by atoms with E-state index in [1.165, 1.54) is 0 Å². The predicted octanol–water partition coefficient (Wildman–Crippen LogP) is 2.81. The van der Waals surface area contributed by atoms with Gasteiger partial charge < -0.3 is 21.8 Å². The molecule has 0 amide bonds. The monoisotopic (exact) mass is 429 g/mol. The minimum absolute atomic E-state index is 0. The maximum Gasteiger partial charge on any atom is 0 e. The largest absolute Gasteiger partial charge is 0.545 e. The molecule has 0 spiro atoms. The van der Waals surface area contributed by atoms with Crippen molar-refractivity contribution in [2.45, 2.75) is 34.6 Å². The van der Waals surface area contributed by atoms with Crippen molar-refractivity contribution in [3.8, 4) is 0 Å². The molecule has 0 N–H and O–H groups in total. The normalized spacial score (nSPS) is 31.5. The summed E-state index contributed by atoms with van der Waals surface area (Å²) in [5, 5.41) is 0. The second kappa shape index (κ2) is 19.0. The van der Waals surface area contributed by atoms with Crippen molar-refractivity contribution in [2.75, 3.05) is 0 Å². The summed E-state index contributed by atoms with van der Waals surface area (Å²) < 4.78 is 0. The van der Waals surface area contributed by atoms with Gasteiger partial charge in [-0.1, -0.05) is 34.6 Å². The Balaban J connectivity index is -0.0000000623. The van der Waals surface area contributed by atoms with Gasteiger partial charge in [0.05, 0.1) is 0 Å². The number of hydrogen-bond donors (Lipinski definition) is 0. The zero-order valence-corrected chi connectivity index (χ0v) is 14.9. The van der Waals surface area contributed by atoms with E-state index >= 15 is 0 Å². The minimum Gasteiger partial charge on any atom is -0.545 e. The van der Waals surface area contributed by atoms with Crippen molar-refractivity contribution >= 4 is 20.4 Å². The summed E-state index contributed by atoms with van der Waals surface area (Å²) in [7, 11) is 0. The average molecular weight is 429 g/mol. The van der Waals surface area contributed by atoms with Crippen LogP contribution in [-0.4, -0.2) is 20.4 Å². The van der Waals surface area contributed by atoms with Crippen LogP contribution >= 0.6 is 0 Å². The fraction of sp³-hybridized carbons (Fsp3) is 0.714. The fourth-order valence-corrected chi connectivity index (χ4v) is 2.39. The van der Waals surface area contributed by atoms with E-state index in [1.54, 1.807) is 0 Å². The van der Waals surface area contributed by atoms with Crippen molar-refractivity contribution in [3.05, 3.63) is 7.43 Å². The van der Waals surface area contributed by atoms with Crippen LogP contribution < -0.4 is 0 Å². The van der Waals surface area contributed by atoms with E-state index in [0.29, 0.717) is 0 Å². The van der Waals surface area contributed by atoms with Crippen molar-refractivity contribution in [2.24, 2.45) is 29.6 Å². The van der Waals surface area contributed by atoms with Gasteiger partial charge in [-0.25, -0.2) is 0 Å².